The largest absolute Gasteiger partial charge is 0.416 e. The van der Waals surface area contributed by atoms with Crippen molar-refractivity contribution in [1.29, 1.82) is 0 Å². The molecule has 1 fully saturated rings. The lowest BCUT2D eigenvalue weighted by Crippen LogP contribution is -2.36. The van der Waals surface area contributed by atoms with E-state index < -0.39 is 11.7 Å². The molecule has 1 aliphatic carbocycles. The van der Waals surface area contributed by atoms with Crippen LogP contribution in [0, 0.1) is 0 Å². The van der Waals surface area contributed by atoms with Crippen LogP contribution in [0.5, 0.6) is 0 Å². The van der Waals surface area contributed by atoms with Gasteiger partial charge in [-0.1, -0.05) is 29.8 Å². The molecule has 28 heavy (non-hydrogen) atoms. The Hall–Kier alpha value is -1.82. The second-order valence-corrected chi connectivity index (χ2v) is 7.80. The number of carbonyl (C=O) groups excluding carboxylic acids is 1. The number of benzene rings is 1. The molecule has 6 heteroatoms. The van der Waals surface area contributed by atoms with Gasteiger partial charge in [-0.3, -0.25) is 4.79 Å². The smallest absolute Gasteiger partial charge is 0.339 e. The van der Waals surface area contributed by atoms with Crippen molar-refractivity contribution in [1.82, 2.24) is 10.2 Å². The number of hydrogen-bond acceptors (Lipinski definition) is 2. The summed E-state index contributed by atoms with van der Waals surface area (Å²) in [6.45, 7) is 1.88. The Labute approximate surface area is 165 Å². The summed E-state index contributed by atoms with van der Waals surface area (Å²) < 4.78 is 38.4. The first kappa shape index (κ1) is 20.9. The van der Waals surface area contributed by atoms with Crippen molar-refractivity contribution in [3.8, 4) is 0 Å². The molecule has 1 aromatic rings. The fourth-order valence-corrected chi connectivity index (χ4v) is 4.16. The van der Waals surface area contributed by atoms with Crippen molar-refractivity contribution in [3.63, 3.8) is 0 Å². The molecule has 0 spiro atoms. The molecule has 1 N–H and O–H groups in total. The number of hydrogen-bond donors (Lipinski definition) is 1. The molecule has 0 aromatic heterocycles. The molecule has 1 saturated heterocycles. The van der Waals surface area contributed by atoms with E-state index in [1.54, 1.807) is 6.07 Å². The molecular formula is C22H29F3N2O. The Bertz CT molecular complexity index is 699. The number of allylic oxidation sites excluding steroid dienone is 1. The van der Waals surface area contributed by atoms with Gasteiger partial charge in [0.15, 0.2) is 0 Å². The summed E-state index contributed by atoms with van der Waals surface area (Å²) in [4.78, 5) is 14.2. The van der Waals surface area contributed by atoms with Crippen molar-refractivity contribution < 1.29 is 18.0 Å². The molecule has 1 amide bonds. The number of nitrogens with zero attached hydrogens (tertiary/aromatic N) is 1. The maximum atomic E-state index is 12.8. The maximum Gasteiger partial charge on any atom is 0.416 e. The van der Waals surface area contributed by atoms with E-state index in [4.69, 9.17) is 0 Å². The molecule has 0 bridgehead atoms. The fraction of sp³-hybridized carbons (Fsp3) is 0.591. The number of carbonyl (C=O) groups is 1. The van der Waals surface area contributed by atoms with Gasteiger partial charge >= 0.3 is 6.18 Å². The van der Waals surface area contributed by atoms with Crippen LogP contribution in [0.25, 0.3) is 0 Å². The van der Waals surface area contributed by atoms with Crippen molar-refractivity contribution in [2.24, 2.45) is 0 Å². The lowest BCUT2D eigenvalue weighted by Gasteiger charge is -2.26. The first-order chi connectivity index (χ1) is 13.4. The second-order valence-electron chi connectivity index (χ2n) is 7.80. The van der Waals surface area contributed by atoms with Crippen LogP contribution in [-0.2, 0) is 17.5 Å². The highest BCUT2D eigenvalue weighted by molar-refractivity contribution is 5.78. The lowest BCUT2D eigenvalue weighted by molar-refractivity contribution is -0.137. The van der Waals surface area contributed by atoms with Crippen molar-refractivity contribution >= 4 is 5.91 Å². The van der Waals surface area contributed by atoms with E-state index in [9.17, 15) is 18.0 Å². The molecule has 2 aliphatic rings. The van der Waals surface area contributed by atoms with Gasteiger partial charge in [-0.15, -0.1) is 0 Å². The highest BCUT2D eigenvalue weighted by atomic mass is 19.4. The van der Waals surface area contributed by atoms with Crippen molar-refractivity contribution in [2.75, 3.05) is 13.1 Å². The molecule has 1 aromatic carbocycles. The average Bonchev–Trinajstić information content (AvgIpc) is 3.03. The summed E-state index contributed by atoms with van der Waals surface area (Å²) >= 11 is 0. The SMILES string of the molecule is O=C1CC[C@@H](CCNCc2cccc(C(F)(F)F)c2)N1CCC1=CCCCC1. The first-order valence-corrected chi connectivity index (χ1v) is 10.3. The molecule has 1 heterocycles. The van der Waals surface area contributed by atoms with Gasteiger partial charge in [-0.05, 0) is 63.1 Å². The Balaban J connectivity index is 1.43. The van der Waals surface area contributed by atoms with E-state index in [0.29, 0.717) is 25.1 Å². The van der Waals surface area contributed by atoms with Crippen LogP contribution in [0.4, 0.5) is 13.2 Å². The molecule has 3 nitrogen and oxygen atoms in total. The Morgan fingerprint density at radius 1 is 1.18 bits per heavy atom. The highest BCUT2D eigenvalue weighted by Gasteiger charge is 2.31. The van der Waals surface area contributed by atoms with Gasteiger partial charge in [-0.25, -0.2) is 0 Å². The van der Waals surface area contributed by atoms with E-state index in [0.717, 1.165) is 44.7 Å². The minimum atomic E-state index is -4.31. The molecule has 0 saturated carbocycles. The average molecular weight is 394 g/mol. The number of likely N-dealkylation sites (tertiary alicyclic amines) is 1. The standard InChI is InChI=1S/C22H29F3N2O/c23-22(24,25)19-8-4-7-18(15-19)16-26-13-11-20-9-10-21(28)27(20)14-12-17-5-2-1-3-6-17/h4-5,7-8,15,20,26H,1-3,6,9-14,16H2/t20-/m0/s1. The van der Waals surface area contributed by atoms with Gasteiger partial charge in [-0.2, -0.15) is 13.2 Å². The topological polar surface area (TPSA) is 32.3 Å². The van der Waals surface area contributed by atoms with Gasteiger partial charge < -0.3 is 10.2 Å². The molecular weight excluding hydrogens is 365 g/mol. The summed E-state index contributed by atoms with van der Waals surface area (Å²) in [7, 11) is 0. The summed E-state index contributed by atoms with van der Waals surface area (Å²) in [6, 6.07) is 5.66. The van der Waals surface area contributed by atoms with Gasteiger partial charge in [0.1, 0.15) is 0 Å². The van der Waals surface area contributed by atoms with Crippen LogP contribution in [0.2, 0.25) is 0 Å². The minimum absolute atomic E-state index is 0.235. The number of rotatable bonds is 8. The van der Waals surface area contributed by atoms with E-state index in [2.05, 4.69) is 11.4 Å². The van der Waals surface area contributed by atoms with Crippen LogP contribution in [-0.4, -0.2) is 29.9 Å². The molecule has 1 atom stereocenters. The van der Waals surface area contributed by atoms with E-state index in [1.165, 1.54) is 30.5 Å². The molecule has 0 radical (unpaired) electrons. The summed E-state index contributed by atoms with van der Waals surface area (Å²) in [6.07, 6.45) is 6.15. The number of alkyl halides is 3. The molecule has 154 valence electrons. The van der Waals surface area contributed by atoms with Crippen LogP contribution in [0.3, 0.4) is 0 Å². The van der Waals surface area contributed by atoms with Crippen molar-refractivity contribution in [3.05, 3.63) is 47.0 Å². The second kappa shape index (κ2) is 9.59. The Kier molecular flexibility index (Phi) is 7.16. The summed E-state index contributed by atoms with van der Waals surface area (Å²) in [5.41, 5.74) is 1.49. The molecule has 0 unspecified atom stereocenters. The highest BCUT2D eigenvalue weighted by Crippen LogP contribution is 2.29. The zero-order valence-electron chi connectivity index (χ0n) is 16.2. The van der Waals surface area contributed by atoms with Crippen molar-refractivity contribution in [2.45, 2.75) is 70.1 Å². The predicted octanol–water partition coefficient (Wildman–Crippen LogP) is 5.07. The quantitative estimate of drug-likeness (QED) is 0.493. The third-order valence-corrected chi connectivity index (χ3v) is 5.75. The predicted molar refractivity (Wildman–Crippen MR) is 104 cm³/mol. The van der Waals surface area contributed by atoms with E-state index in [1.807, 2.05) is 4.90 Å². The summed E-state index contributed by atoms with van der Waals surface area (Å²) in [5.74, 6) is 0.235. The summed E-state index contributed by atoms with van der Waals surface area (Å²) in [5, 5.41) is 3.23. The van der Waals surface area contributed by atoms with E-state index in [-0.39, 0.29) is 11.9 Å². The van der Waals surface area contributed by atoms with Crippen LogP contribution in [0.15, 0.2) is 35.9 Å². The Morgan fingerprint density at radius 3 is 2.79 bits per heavy atom. The lowest BCUT2D eigenvalue weighted by atomic mass is 9.97. The minimum Gasteiger partial charge on any atom is -0.339 e. The number of nitrogens with one attached hydrogen (secondary N) is 1. The zero-order chi connectivity index (χ0) is 20.0. The zero-order valence-corrected chi connectivity index (χ0v) is 16.2. The number of amides is 1. The van der Waals surface area contributed by atoms with Gasteiger partial charge in [0.25, 0.3) is 0 Å². The third-order valence-electron chi connectivity index (χ3n) is 5.75. The maximum absolute atomic E-state index is 12.8. The third kappa shape index (κ3) is 5.84. The fourth-order valence-electron chi connectivity index (χ4n) is 4.16. The van der Waals surface area contributed by atoms with E-state index >= 15 is 0 Å². The number of halogens is 3. The van der Waals surface area contributed by atoms with Crippen LogP contribution >= 0.6 is 0 Å². The van der Waals surface area contributed by atoms with Gasteiger partial charge in [0.05, 0.1) is 5.56 Å². The molecule has 3 rings (SSSR count). The molecule has 1 aliphatic heterocycles. The monoisotopic (exact) mass is 394 g/mol. The Morgan fingerprint density at radius 2 is 2.04 bits per heavy atom. The van der Waals surface area contributed by atoms with Crippen LogP contribution in [0.1, 0.15) is 62.5 Å². The van der Waals surface area contributed by atoms with Crippen LogP contribution < -0.4 is 5.32 Å². The first-order valence-electron chi connectivity index (χ1n) is 10.3. The van der Waals surface area contributed by atoms with Gasteiger partial charge in [0.2, 0.25) is 5.91 Å². The normalized spacial score (nSPS) is 20.5. The van der Waals surface area contributed by atoms with Gasteiger partial charge in [0, 0.05) is 25.6 Å².